The van der Waals surface area contributed by atoms with Gasteiger partial charge in [-0.15, -0.1) is 0 Å². The second-order valence-electron chi connectivity index (χ2n) is 4.29. The fraction of sp³-hybridized carbons (Fsp3) is 0.429. The molecule has 0 bridgehead atoms. The van der Waals surface area contributed by atoms with Crippen molar-refractivity contribution in [2.24, 2.45) is 0 Å². The van der Waals surface area contributed by atoms with E-state index in [2.05, 4.69) is 0 Å². The lowest BCUT2D eigenvalue weighted by atomic mass is 9.98. The van der Waals surface area contributed by atoms with Crippen LogP contribution in [0.2, 0.25) is 0 Å². The van der Waals surface area contributed by atoms with E-state index in [1.165, 1.54) is 7.11 Å². The molecule has 2 atom stereocenters. The minimum absolute atomic E-state index is 0.0864. The fourth-order valence-electron chi connectivity index (χ4n) is 2.34. The zero-order chi connectivity index (χ0) is 13.8. The van der Waals surface area contributed by atoms with E-state index in [-0.39, 0.29) is 12.5 Å². The average Bonchev–Trinajstić information content (AvgIpc) is 2.47. The Morgan fingerprint density at radius 1 is 1.42 bits per heavy atom. The summed E-state index contributed by atoms with van der Waals surface area (Å²) in [6, 6.07) is 8.96. The lowest BCUT2D eigenvalue weighted by Gasteiger charge is -2.39. The Balaban J connectivity index is 2.39. The first-order chi connectivity index (χ1) is 9.19. The van der Waals surface area contributed by atoms with Crippen molar-refractivity contribution < 1.29 is 19.1 Å². The number of benzene rings is 1. The van der Waals surface area contributed by atoms with E-state index in [1.54, 1.807) is 4.90 Å². The number of ether oxygens (including phenoxy) is 2. The van der Waals surface area contributed by atoms with Crippen LogP contribution in [0.4, 0.5) is 0 Å². The number of morpholine rings is 1. The second kappa shape index (κ2) is 5.84. The molecule has 19 heavy (non-hydrogen) atoms. The number of hydrogen-bond acceptors (Lipinski definition) is 4. The van der Waals surface area contributed by atoms with Crippen molar-refractivity contribution in [3.63, 3.8) is 0 Å². The molecule has 0 N–H and O–H groups in total. The molecule has 2 rings (SSSR count). The van der Waals surface area contributed by atoms with E-state index < -0.39 is 18.1 Å². The number of amides is 1. The summed E-state index contributed by atoms with van der Waals surface area (Å²) in [7, 11) is 1.32. The molecule has 1 heterocycles. The van der Waals surface area contributed by atoms with Crippen LogP contribution in [0.15, 0.2) is 30.3 Å². The van der Waals surface area contributed by atoms with E-state index in [4.69, 9.17) is 9.47 Å². The van der Waals surface area contributed by atoms with E-state index in [1.807, 2.05) is 37.3 Å². The van der Waals surface area contributed by atoms with E-state index >= 15 is 0 Å². The molecule has 0 saturated carbocycles. The summed E-state index contributed by atoms with van der Waals surface area (Å²) in [5.74, 6) is -0.573. The maximum atomic E-state index is 11.9. The highest BCUT2D eigenvalue weighted by atomic mass is 16.6. The van der Waals surface area contributed by atoms with Crippen molar-refractivity contribution in [1.29, 1.82) is 0 Å². The summed E-state index contributed by atoms with van der Waals surface area (Å²) in [5, 5.41) is 0. The van der Waals surface area contributed by atoms with Crippen molar-refractivity contribution in [2.75, 3.05) is 20.3 Å². The minimum Gasteiger partial charge on any atom is -0.467 e. The maximum absolute atomic E-state index is 11.9. The van der Waals surface area contributed by atoms with Gasteiger partial charge in [-0.1, -0.05) is 30.3 Å². The molecule has 1 fully saturated rings. The van der Waals surface area contributed by atoms with Crippen molar-refractivity contribution in [1.82, 2.24) is 4.90 Å². The molecule has 1 amide bonds. The number of carbonyl (C=O) groups is 2. The van der Waals surface area contributed by atoms with Gasteiger partial charge in [-0.3, -0.25) is 4.79 Å². The van der Waals surface area contributed by atoms with Crippen LogP contribution in [0, 0.1) is 0 Å². The second-order valence-corrected chi connectivity index (χ2v) is 4.29. The molecule has 5 nitrogen and oxygen atoms in total. The molecule has 1 aliphatic rings. The van der Waals surface area contributed by atoms with E-state index in [9.17, 15) is 9.59 Å². The largest absolute Gasteiger partial charge is 0.467 e. The van der Waals surface area contributed by atoms with Gasteiger partial charge in [0.05, 0.1) is 13.2 Å². The molecule has 1 saturated heterocycles. The molecule has 1 aliphatic heterocycles. The molecule has 5 heteroatoms. The molecule has 1 aromatic rings. The molecule has 0 spiro atoms. The number of methoxy groups -OCH3 is 1. The Labute approximate surface area is 112 Å². The summed E-state index contributed by atoms with van der Waals surface area (Å²) in [4.78, 5) is 25.4. The highest BCUT2D eigenvalue weighted by Crippen LogP contribution is 2.30. The van der Waals surface area contributed by atoms with Crippen LogP contribution in [0.25, 0.3) is 0 Å². The summed E-state index contributed by atoms with van der Waals surface area (Å²) in [6.07, 6.45) is -0.773. The lowest BCUT2D eigenvalue weighted by molar-refractivity contribution is -0.175. The fourth-order valence-corrected chi connectivity index (χ4v) is 2.34. The highest BCUT2D eigenvalue weighted by Gasteiger charge is 2.41. The number of likely N-dealkylation sites (N-methyl/N-ethyl adjacent to an activating group) is 1. The first kappa shape index (κ1) is 13.5. The molecular weight excluding hydrogens is 246 g/mol. The Morgan fingerprint density at radius 2 is 2.11 bits per heavy atom. The predicted molar refractivity (Wildman–Crippen MR) is 68.3 cm³/mol. The minimum atomic E-state index is -0.773. The molecule has 0 radical (unpaired) electrons. The van der Waals surface area contributed by atoms with Crippen LogP contribution < -0.4 is 0 Å². The third-order valence-electron chi connectivity index (χ3n) is 3.24. The van der Waals surface area contributed by atoms with Crippen LogP contribution in [0.1, 0.15) is 18.5 Å². The zero-order valence-electron chi connectivity index (χ0n) is 11.0. The molecular formula is C14H17NO4. The summed E-state index contributed by atoms with van der Waals surface area (Å²) < 4.78 is 10.1. The van der Waals surface area contributed by atoms with Crippen LogP contribution >= 0.6 is 0 Å². The van der Waals surface area contributed by atoms with Crippen molar-refractivity contribution >= 4 is 11.9 Å². The van der Waals surface area contributed by atoms with Gasteiger partial charge in [0.1, 0.15) is 6.61 Å². The molecule has 0 unspecified atom stereocenters. The highest BCUT2D eigenvalue weighted by molar-refractivity contribution is 5.83. The normalized spacial score (nSPS) is 23.3. The quantitative estimate of drug-likeness (QED) is 0.768. The van der Waals surface area contributed by atoms with Gasteiger partial charge in [0, 0.05) is 6.54 Å². The van der Waals surface area contributed by atoms with Crippen LogP contribution in [-0.4, -0.2) is 43.1 Å². The van der Waals surface area contributed by atoms with E-state index in [0.717, 1.165) is 5.56 Å². The number of hydrogen-bond donors (Lipinski definition) is 0. The first-order valence-electron chi connectivity index (χ1n) is 6.23. The Kier molecular flexibility index (Phi) is 4.16. The third-order valence-corrected chi connectivity index (χ3v) is 3.24. The van der Waals surface area contributed by atoms with Gasteiger partial charge in [-0.05, 0) is 12.5 Å². The van der Waals surface area contributed by atoms with E-state index in [0.29, 0.717) is 6.54 Å². The summed E-state index contributed by atoms with van der Waals surface area (Å²) >= 11 is 0. The predicted octanol–water partition coefficient (Wildman–Crippen LogP) is 1.15. The van der Waals surface area contributed by atoms with Gasteiger partial charge in [-0.25, -0.2) is 4.79 Å². The topological polar surface area (TPSA) is 55.8 Å². The smallest absolute Gasteiger partial charge is 0.337 e. The van der Waals surface area contributed by atoms with Crippen LogP contribution in [0.3, 0.4) is 0 Å². The van der Waals surface area contributed by atoms with Crippen LogP contribution in [-0.2, 0) is 19.1 Å². The Hall–Kier alpha value is -1.88. The monoisotopic (exact) mass is 263 g/mol. The lowest BCUT2D eigenvalue weighted by Crippen LogP contribution is -2.51. The van der Waals surface area contributed by atoms with Gasteiger partial charge >= 0.3 is 5.97 Å². The Morgan fingerprint density at radius 3 is 2.68 bits per heavy atom. The number of carbonyl (C=O) groups excluding carboxylic acids is 2. The average molecular weight is 263 g/mol. The van der Waals surface area contributed by atoms with Crippen molar-refractivity contribution in [2.45, 2.75) is 19.1 Å². The number of rotatable bonds is 3. The first-order valence-corrected chi connectivity index (χ1v) is 6.23. The molecule has 0 aromatic heterocycles. The van der Waals surface area contributed by atoms with Crippen molar-refractivity contribution in [3.8, 4) is 0 Å². The summed E-state index contributed by atoms with van der Waals surface area (Å²) in [5.41, 5.74) is 0.868. The third kappa shape index (κ3) is 2.61. The van der Waals surface area contributed by atoms with Gasteiger partial charge < -0.3 is 14.4 Å². The van der Waals surface area contributed by atoms with Gasteiger partial charge in [0.2, 0.25) is 5.91 Å². The molecule has 0 aliphatic carbocycles. The van der Waals surface area contributed by atoms with Gasteiger partial charge in [0.15, 0.2) is 6.10 Å². The molecule has 1 aromatic carbocycles. The zero-order valence-corrected chi connectivity index (χ0v) is 11.0. The standard InChI is InChI=1S/C14H17NO4/c1-3-15-11(16)9-19-13(14(17)18-2)12(15)10-7-5-4-6-8-10/h4-8,12-13H,3,9H2,1-2H3/t12-,13-/m1/s1. The number of esters is 1. The maximum Gasteiger partial charge on any atom is 0.337 e. The SMILES string of the molecule is CCN1C(=O)CO[C@@H](C(=O)OC)[C@H]1c1ccccc1. The summed E-state index contributed by atoms with van der Waals surface area (Å²) in [6.45, 7) is 2.32. The van der Waals surface area contributed by atoms with Gasteiger partial charge in [-0.2, -0.15) is 0 Å². The molecule has 102 valence electrons. The van der Waals surface area contributed by atoms with Gasteiger partial charge in [0.25, 0.3) is 0 Å². The van der Waals surface area contributed by atoms with Crippen molar-refractivity contribution in [3.05, 3.63) is 35.9 Å². The Bertz CT molecular complexity index is 460. The number of nitrogens with zero attached hydrogens (tertiary/aromatic N) is 1. The van der Waals surface area contributed by atoms with Crippen LogP contribution in [0.5, 0.6) is 0 Å².